The maximum absolute atomic E-state index is 13.8. The van der Waals surface area contributed by atoms with E-state index in [0.717, 1.165) is 24.1 Å². The number of benzene rings is 1. The molecule has 1 aliphatic carbocycles. The molecule has 1 aliphatic heterocycles. The molecule has 3 heterocycles. The molecule has 0 spiro atoms. The van der Waals surface area contributed by atoms with Gasteiger partial charge in [0.05, 0.1) is 17.4 Å². The fourth-order valence-corrected chi connectivity index (χ4v) is 5.49. The van der Waals surface area contributed by atoms with Gasteiger partial charge in [-0.25, -0.2) is 0 Å². The molecule has 220 valence electrons. The van der Waals surface area contributed by atoms with Crippen LogP contribution in [0.25, 0.3) is 11.4 Å². The molecule has 10 nitrogen and oxygen atoms in total. The molecule has 1 saturated heterocycles. The number of allylic oxidation sites excluding steroid dienone is 1. The number of hydrogen-bond acceptors (Lipinski definition) is 7. The maximum Gasteiger partial charge on any atom is 0.416 e. The highest BCUT2D eigenvalue weighted by Gasteiger charge is 2.31. The highest BCUT2D eigenvalue weighted by atomic mass is 19.4. The Hall–Kier alpha value is -3.71. The van der Waals surface area contributed by atoms with Gasteiger partial charge < -0.3 is 24.8 Å². The summed E-state index contributed by atoms with van der Waals surface area (Å²) in [7, 11) is 1.68. The quantitative estimate of drug-likeness (QED) is 0.446. The summed E-state index contributed by atoms with van der Waals surface area (Å²) in [5, 5.41) is 10.6. The largest absolute Gasteiger partial charge is 0.416 e. The van der Waals surface area contributed by atoms with Gasteiger partial charge >= 0.3 is 6.18 Å². The predicted molar refractivity (Wildman–Crippen MR) is 149 cm³/mol. The molecule has 2 aliphatic rings. The summed E-state index contributed by atoms with van der Waals surface area (Å²) in [5.41, 5.74) is 1.54. The lowest BCUT2D eigenvalue weighted by atomic mass is 9.97. The number of anilines is 2. The van der Waals surface area contributed by atoms with E-state index in [9.17, 15) is 22.8 Å². The molecule has 41 heavy (non-hydrogen) atoms. The maximum atomic E-state index is 13.8. The molecule has 2 N–H and O–H groups in total. The van der Waals surface area contributed by atoms with E-state index in [0.29, 0.717) is 68.2 Å². The van der Waals surface area contributed by atoms with Crippen molar-refractivity contribution in [2.45, 2.75) is 58.4 Å². The van der Waals surface area contributed by atoms with E-state index in [1.165, 1.54) is 17.5 Å². The summed E-state index contributed by atoms with van der Waals surface area (Å²) >= 11 is 0. The number of rotatable bonds is 7. The van der Waals surface area contributed by atoms with E-state index in [4.69, 9.17) is 9.72 Å². The number of nitrogens with zero attached hydrogens (tertiary/aromatic N) is 5. The van der Waals surface area contributed by atoms with Crippen molar-refractivity contribution in [2.75, 3.05) is 43.5 Å². The van der Waals surface area contributed by atoms with Crippen LogP contribution in [0.15, 0.2) is 29.1 Å². The average Bonchev–Trinajstić information content (AvgIpc) is 3.41. The zero-order chi connectivity index (χ0) is 29.3. The van der Waals surface area contributed by atoms with Crippen LogP contribution < -0.4 is 21.1 Å². The Morgan fingerprint density at radius 2 is 2.00 bits per heavy atom. The molecule has 1 atom stereocenters. The third kappa shape index (κ3) is 5.87. The zero-order valence-electron chi connectivity index (χ0n) is 23.3. The number of amides is 1. The summed E-state index contributed by atoms with van der Waals surface area (Å²) in [6.45, 7) is 5.90. The van der Waals surface area contributed by atoms with Crippen LogP contribution in [0.1, 0.15) is 48.8 Å². The first-order valence-electron chi connectivity index (χ1n) is 13.8. The van der Waals surface area contributed by atoms with E-state index in [1.807, 2.05) is 17.9 Å². The molecular weight excluding hydrogens is 539 g/mol. The van der Waals surface area contributed by atoms with E-state index < -0.39 is 17.6 Å². The number of nitrogens with one attached hydrogen (secondary N) is 2. The second kappa shape index (κ2) is 11.6. The lowest BCUT2D eigenvalue weighted by Crippen LogP contribution is -2.47. The number of ether oxygens (including phenoxy) is 1. The monoisotopic (exact) mass is 573 g/mol. The number of hydrogen-bond donors (Lipinski definition) is 2. The molecule has 3 aromatic rings. The first kappa shape index (κ1) is 28.8. The number of alkyl halides is 3. The normalized spacial score (nSPS) is 18.0. The number of carbonyl (C=O) groups is 1. The van der Waals surface area contributed by atoms with Crippen LogP contribution in [0.3, 0.4) is 0 Å². The SMILES string of the molecule is CCc1c(N2CCNCC2)c(=O)n2nc(C3=CC[C@H](OC)CC3)nc2n1CC(=O)Nc1ccc(C(F)(F)F)cc1C. The number of halogens is 3. The minimum absolute atomic E-state index is 0.124. The van der Waals surface area contributed by atoms with Gasteiger partial charge in [-0.3, -0.25) is 9.59 Å². The number of aromatic nitrogens is 4. The molecule has 5 rings (SSSR count). The number of methoxy groups -OCH3 is 1. The highest BCUT2D eigenvalue weighted by Crippen LogP contribution is 2.32. The van der Waals surface area contributed by atoms with Gasteiger partial charge in [-0.1, -0.05) is 13.0 Å². The van der Waals surface area contributed by atoms with Crippen molar-refractivity contribution in [1.82, 2.24) is 24.5 Å². The number of fused-ring (bicyclic) bond motifs is 1. The first-order valence-corrected chi connectivity index (χ1v) is 13.8. The van der Waals surface area contributed by atoms with E-state index in [1.54, 1.807) is 11.7 Å². The van der Waals surface area contributed by atoms with Gasteiger partial charge in [-0.2, -0.15) is 22.7 Å². The standard InChI is InChI=1S/C28H34F3N7O3/c1-4-22-24(36-13-11-32-12-14-36)26(40)38-27(34-25(35-38)18-5-8-20(41-3)9-6-18)37(22)16-23(39)33-21-10-7-19(15-17(21)2)28(29,30)31/h5,7,10,15,20,32H,4,6,8-9,11-14,16H2,1-3H3,(H,33,39)/t20-/m0/s1. The Morgan fingerprint density at radius 3 is 2.61 bits per heavy atom. The Bertz CT molecular complexity index is 1540. The molecule has 0 bridgehead atoms. The van der Waals surface area contributed by atoms with Gasteiger partial charge in [0.1, 0.15) is 12.2 Å². The van der Waals surface area contributed by atoms with Crippen molar-refractivity contribution in [3.63, 3.8) is 0 Å². The second-order valence-corrected chi connectivity index (χ2v) is 10.4. The van der Waals surface area contributed by atoms with E-state index in [2.05, 4.69) is 15.7 Å². The topological polar surface area (TPSA) is 106 Å². The number of piperazine rings is 1. The van der Waals surface area contributed by atoms with Crippen LogP contribution in [-0.4, -0.2) is 64.5 Å². The van der Waals surface area contributed by atoms with Gasteiger partial charge in [0, 0.05) is 39.0 Å². The summed E-state index contributed by atoms with van der Waals surface area (Å²) in [5.74, 6) is 0.224. The molecule has 1 aromatic carbocycles. The summed E-state index contributed by atoms with van der Waals surface area (Å²) in [4.78, 5) is 33.9. The van der Waals surface area contributed by atoms with Crippen LogP contribution >= 0.6 is 0 Å². The minimum Gasteiger partial charge on any atom is -0.381 e. The van der Waals surface area contributed by atoms with E-state index >= 15 is 0 Å². The molecular formula is C28H34F3N7O3. The average molecular weight is 574 g/mol. The van der Waals surface area contributed by atoms with Crippen molar-refractivity contribution in [3.8, 4) is 0 Å². The van der Waals surface area contributed by atoms with Gasteiger partial charge in [0.2, 0.25) is 11.7 Å². The Kier molecular flexibility index (Phi) is 8.18. The zero-order valence-corrected chi connectivity index (χ0v) is 23.3. The van der Waals surface area contributed by atoms with Gasteiger partial charge in [0.25, 0.3) is 5.56 Å². The lowest BCUT2D eigenvalue weighted by molar-refractivity contribution is -0.137. The van der Waals surface area contributed by atoms with Gasteiger partial charge in [-0.05, 0) is 61.9 Å². The third-order valence-electron chi connectivity index (χ3n) is 7.71. The van der Waals surface area contributed by atoms with Crippen molar-refractivity contribution in [3.05, 3.63) is 57.3 Å². The smallest absolute Gasteiger partial charge is 0.381 e. The van der Waals surface area contributed by atoms with Gasteiger partial charge in [0.15, 0.2) is 5.82 Å². The number of carbonyl (C=O) groups excluding carboxylic acids is 1. The van der Waals surface area contributed by atoms with Gasteiger partial charge in [-0.15, -0.1) is 5.10 Å². The Morgan fingerprint density at radius 1 is 1.24 bits per heavy atom. The fraction of sp³-hybridized carbons (Fsp3) is 0.500. The highest BCUT2D eigenvalue weighted by molar-refractivity contribution is 5.91. The van der Waals surface area contributed by atoms with E-state index in [-0.39, 0.29) is 29.7 Å². The molecule has 0 unspecified atom stereocenters. The molecule has 13 heteroatoms. The second-order valence-electron chi connectivity index (χ2n) is 10.4. The molecule has 1 fully saturated rings. The van der Waals surface area contributed by atoms with Crippen LogP contribution in [0, 0.1) is 6.92 Å². The van der Waals surface area contributed by atoms with Crippen molar-refractivity contribution >= 4 is 28.6 Å². The lowest BCUT2D eigenvalue weighted by Gasteiger charge is -2.31. The predicted octanol–water partition coefficient (Wildman–Crippen LogP) is 3.41. The first-order chi connectivity index (χ1) is 19.6. The fourth-order valence-electron chi connectivity index (χ4n) is 5.49. The number of aryl methyl sites for hydroxylation is 1. The minimum atomic E-state index is -4.48. The van der Waals surface area contributed by atoms with Crippen molar-refractivity contribution in [2.24, 2.45) is 0 Å². The van der Waals surface area contributed by atoms with Crippen molar-refractivity contribution in [1.29, 1.82) is 0 Å². The molecule has 0 saturated carbocycles. The third-order valence-corrected chi connectivity index (χ3v) is 7.71. The summed E-state index contributed by atoms with van der Waals surface area (Å²) < 4.78 is 47.8. The van der Waals surface area contributed by atoms with Crippen LogP contribution in [0.5, 0.6) is 0 Å². The molecule has 0 radical (unpaired) electrons. The van der Waals surface area contributed by atoms with Crippen LogP contribution in [0.4, 0.5) is 24.5 Å². The molecule has 1 amide bonds. The Balaban J connectivity index is 1.56. The summed E-state index contributed by atoms with van der Waals surface area (Å²) in [6.07, 6.45) is 0.351. The van der Waals surface area contributed by atoms with Crippen LogP contribution in [-0.2, 0) is 28.7 Å². The van der Waals surface area contributed by atoms with Crippen molar-refractivity contribution < 1.29 is 22.7 Å². The van der Waals surface area contributed by atoms with Crippen LogP contribution in [0.2, 0.25) is 0 Å². The Labute approximate surface area is 235 Å². The summed E-state index contributed by atoms with van der Waals surface area (Å²) in [6, 6.07) is 3.20. The molecule has 2 aromatic heterocycles.